The molecule has 0 radical (unpaired) electrons. The highest BCUT2D eigenvalue weighted by Crippen LogP contribution is 2.31. The largest absolute Gasteiger partial charge is 0.398 e. The lowest BCUT2D eigenvalue weighted by Gasteiger charge is -2.32. The molecule has 0 aliphatic heterocycles. The lowest BCUT2D eigenvalue weighted by atomic mass is 9.79. The Morgan fingerprint density at radius 2 is 1.90 bits per heavy atom. The number of hydrogen-bond donors (Lipinski definition) is 2. The molecule has 0 saturated heterocycles. The molecule has 0 spiro atoms. The lowest BCUT2D eigenvalue weighted by Crippen LogP contribution is -2.40. The average Bonchev–Trinajstić information content (AvgIpc) is 2.37. The predicted octanol–water partition coefficient (Wildman–Crippen LogP) is 3.33. The van der Waals surface area contributed by atoms with Gasteiger partial charge in [0.1, 0.15) is 0 Å². The van der Waals surface area contributed by atoms with Crippen molar-refractivity contribution < 1.29 is 8.42 Å². The molecule has 1 aliphatic rings. The molecule has 2 rings (SSSR count). The summed E-state index contributed by atoms with van der Waals surface area (Å²) in [7, 11) is -3.59. The van der Waals surface area contributed by atoms with Gasteiger partial charge in [-0.05, 0) is 55.7 Å². The molecule has 1 aromatic rings. The van der Waals surface area contributed by atoms with E-state index in [1.807, 2.05) is 0 Å². The van der Waals surface area contributed by atoms with Crippen LogP contribution in [0.25, 0.3) is 0 Å². The summed E-state index contributed by atoms with van der Waals surface area (Å²) in [5, 5.41) is 0.337. The van der Waals surface area contributed by atoms with Crippen molar-refractivity contribution >= 4 is 27.3 Å². The van der Waals surface area contributed by atoms with Crippen molar-refractivity contribution in [3.63, 3.8) is 0 Å². The highest BCUT2D eigenvalue weighted by Gasteiger charge is 2.29. The van der Waals surface area contributed by atoms with Gasteiger partial charge in [0.2, 0.25) is 10.0 Å². The summed E-state index contributed by atoms with van der Waals surface area (Å²) in [5.74, 6) is 1.17. The van der Waals surface area contributed by atoms with E-state index in [1.165, 1.54) is 6.07 Å². The van der Waals surface area contributed by atoms with Crippen molar-refractivity contribution in [3.8, 4) is 0 Å². The fourth-order valence-electron chi connectivity index (χ4n) is 2.89. The minimum absolute atomic E-state index is 0.0131. The van der Waals surface area contributed by atoms with E-state index in [2.05, 4.69) is 18.6 Å². The number of nitrogen functional groups attached to an aromatic ring is 1. The van der Waals surface area contributed by atoms with E-state index in [0.29, 0.717) is 28.1 Å². The Morgan fingerprint density at radius 1 is 1.24 bits per heavy atom. The molecular weight excluding hydrogens is 308 g/mol. The number of nitrogens with two attached hydrogens (primary N) is 1. The van der Waals surface area contributed by atoms with Crippen molar-refractivity contribution in [2.75, 3.05) is 5.73 Å². The Labute approximate surface area is 132 Å². The number of hydrogen-bond acceptors (Lipinski definition) is 3. The first-order valence-corrected chi connectivity index (χ1v) is 9.14. The molecule has 0 bridgehead atoms. The molecule has 0 aromatic heterocycles. The molecule has 1 fully saturated rings. The molecule has 4 nitrogen and oxygen atoms in total. The van der Waals surface area contributed by atoms with Gasteiger partial charge in [-0.25, -0.2) is 13.1 Å². The van der Waals surface area contributed by atoms with Crippen LogP contribution in [-0.2, 0) is 10.0 Å². The molecule has 1 aromatic carbocycles. The third kappa shape index (κ3) is 3.71. The summed E-state index contributed by atoms with van der Waals surface area (Å²) < 4.78 is 28.0. The van der Waals surface area contributed by atoms with Gasteiger partial charge in [-0.15, -0.1) is 0 Å². The van der Waals surface area contributed by atoms with Crippen LogP contribution in [-0.4, -0.2) is 14.5 Å². The maximum absolute atomic E-state index is 12.6. The predicted molar refractivity (Wildman–Crippen MR) is 86.9 cm³/mol. The topological polar surface area (TPSA) is 72.2 Å². The van der Waals surface area contributed by atoms with E-state index < -0.39 is 10.0 Å². The van der Waals surface area contributed by atoms with Crippen molar-refractivity contribution in [1.29, 1.82) is 0 Å². The number of benzene rings is 1. The van der Waals surface area contributed by atoms with Crippen LogP contribution in [0.2, 0.25) is 5.02 Å². The smallest absolute Gasteiger partial charge is 0.241 e. The molecule has 0 heterocycles. The lowest BCUT2D eigenvalue weighted by molar-refractivity contribution is 0.242. The minimum atomic E-state index is -3.59. The van der Waals surface area contributed by atoms with E-state index in [4.69, 9.17) is 17.3 Å². The Kier molecular flexibility index (Phi) is 4.85. The monoisotopic (exact) mass is 330 g/mol. The zero-order chi connectivity index (χ0) is 15.8. The highest BCUT2D eigenvalue weighted by molar-refractivity contribution is 7.89. The van der Waals surface area contributed by atoms with E-state index in [1.54, 1.807) is 13.0 Å². The van der Waals surface area contributed by atoms with Crippen LogP contribution in [0, 0.1) is 18.8 Å². The first-order chi connectivity index (χ1) is 9.70. The second-order valence-corrected chi connectivity index (χ2v) is 8.32. The van der Waals surface area contributed by atoms with Gasteiger partial charge >= 0.3 is 0 Å². The van der Waals surface area contributed by atoms with Crippen LogP contribution in [0.1, 0.15) is 38.7 Å². The molecule has 0 amide bonds. The molecule has 118 valence electrons. The number of rotatable bonds is 3. The molecule has 1 aliphatic carbocycles. The van der Waals surface area contributed by atoms with E-state index >= 15 is 0 Å². The van der Waals surface area contributed by atoms with Gasteiger partial charge in [0.15, 0.2) is 0 Å². The van der Waals surface area contributed by atoms with Crippen molar-refractivity contribution in [1.82, 2.24) is 4.72 Å². The first-order valence-electron chi connectivity index (χ1n) is 7.28. The third-order valence-corrected chi connectivity index (χ3v) is 6.44. The molecule has 3 N–H and O–H groups in total. The second-order valence-electron chi connectivity index (χ2n) is 6.20. The SMILES string of the molecule is Cc1c(N)cc(Cl)cc1S(=O)(=O)NC1CCC(C)C(C)C1. The van der Waals surface area contributed by atoms with Crippen molar-refractivity contribution in [3.05, 3.63) is 22.7 Å². The fraction of sp³-hybridized carbons (Fsp3) is 0.600. The second kappa shape index (κ2) is 6.15. The molecule has 6 heteroatoms. The molecular formula is C15H23ClN2O2S. The standard InChI is InChI=1S/C15H23ClN2O2S/c1-9-4-5-13(6-10(9)2)18-21(19,20)15-8-12(16)7-14(17)11(15)3/h7-10,13,18H,4-6,17H2,1-3H3. The number of anilines is 1. The maximum Gasteiger partial charge on any atom is 0.241 e. The molecule has 3 unspecified atom stereocenters. The minimum Gasteiger partial charge on any atom is -0.398 e. The van der Waals surface area contributed by atoms with Crippen LogP contribution < -0.4 is 10.5 Å². The van der Waals surface area contributed by atoms with E-state index in [9.17, 15) is 8.42 Å². The first kappa shape index (κ1) is 16.6. The van der Waals surface area contributed by atoms with Gasteiger partial charge < -0.3 is 5.73 Å². The average molecular weight is 331 g/mol. The van der Waals surface area contributed by atoms with Gasteiger partial charge in [-0.2, -0.15) is 0 Å². The Balaban J connectivity index is 2.23. The van der Waals surface area contributed by atoms with Crippen LogP contribution in [0.15, 0.2) is 17.0 Å². The van der Waals surface area contributed by atoms with Crippen LogP contribution >= 0.6 is 11.6 Å². The summed E-state index contributed by atoms with van der Waals surface area (Å²) in [6.07, 6.45) is 2.79. The van der Waals surface area contributed by atoms with E-state index in [-0.39, 0.29) is 10.9 Å². The Bertz CT molecular complexity index is 631. The Hall–Kier alpha value is -0.780. The van der Waals surface area contributed by atoms with Crippen molar-refractivity contribution in [2.24, 2.45) is 11.8 Å². The highest BCUT2D eigenvalue weighted by atomic mass is 35.5. The van der Waals surface area contributed by atoms with Gasteiger partial charge in [-0.1, -0.05) is 25.4 Å². The van der Waals surface area contributed by atoms with Crippen LogP contribution in [0.4, 0.5) is 5.69 Å². The molecule has 21 heavy (non-hydrogen) atoms. The number of halogens is 1. The molecule has 1 saturated carbocycles. The fourth-order valence-corrected chi connectivity index (χ4v) is 4.77. The third-order valence-electron chi connectivity index (χ3n) is 4.57. The van der Waals surface area contributed by atoms with Gasteiger partial charge in [-0.3, -0.25) is 0 Å². The van der Waals surface area contributed by atoms with Gasteiger partial charge in [0, 0.05) is 16.8 Å². The van der Waals surface area contributed by atoms with Crippen LogP contribution in [0.5, 0.6) is 0 Å². The van der Waals surface area contributed by atoms with Gasteiger partial charge in [0.25, 0.3) is 0 Å². The zero-order valence-corrected chi connectivity index (χ0v) is 14.3. The summed E-state index contributed by atoms with van der Waals surface area (Å²) >= 11 is 5.94. The summed E-state index contributed by atoms with van der Waals surface area (Å²) in [4.78, 5) is 0.179. The van der Waals surface area contributed by atoms with E-state index in [0.717, 1.165) is 19.3 Å². The zero-order valence-electron chi connectivity index (χ0n) is 12.7. The normalized spacial score (nSPS) is 26.8. The maximum atomic E-state index is 12.6. The summed E-state index contributed by atoms with van der Waals surface area (Å²) in [6, 6.07) is 3.02. The number of sulfonamides is 1. The van der Waals surface area contributed by atoms with Crippen molar-refractivity contribution in [2.45, 2.75) is 51.0 Å². The molecule has 3 atom stereocenters. The summed E-state index contributed by atoms with van der Waals surface area (Å²) in [5.41, 5.74) is 6.76. The quantitative estimate of drug-likeness (QED) is 0.835. The summed E-state index contributed by atoms with van der Waals surface area (Å²) in [6.45, 7) is 6.09. The van der Waals surface area contributed by atoms with Gasteiger partial charge in [0.05, 0.1) is 4.90 Å². The number of nitrogens with one attached hydrogen (secondary N) is 1. The Morgan fingerprint density at radius 3 is 2.52 bits per heavy atom. The van der Waals surface area contributed by atoms with Crippen LogP contribution in [0.3, 0.4) is 0 Å².